The molecule has 4 nitrogen and oxygen atoms in total. The fourth-order valence-electron chi connectivity index (χ4n) is 2.15. The van der Waals surface area contributed by atoms with E-state index in [2.05, 4.69) is 0 Å². The first-order valence-electron chi connectivity index (χ1n) is 4.46. The van der Waals surface area contributed by atoms with Crippen molar-refractivity contribution in [2.45, 2.75) is 12.8 Å². The van der Waals surface area contributed by atoms with Crippen LogP contribution >= 0.6 is 0 Å². The van der Waals surface area contributed by atoms with Crippen molar-refractivity contribution in [3.8, 4) is 0 Å². The molecule has 0 aromatic carbocycles. The molecule has 0 aliphatic heterocycles. The molecule has 4 heteroatoms. The van der Waals surface area contributed by atoms with E-state index < -0.39 is 11.9 Å². The lowest BCUT2D eigenvalue weighted by Gasteiger charge is -2.06. The summed E-state index contributed by atoms with van der Waals surface area (Å²) in [6.45, 7) is 0. The zero-order valence-electron chi connectivity index (χ0n) is 7.43. The molecular weight excluding hydrogens is 184 g/mol. The van der Waals surface area contributed by atoms with Crippen LogP contribution in [0.3, 0.4) is 0 Å². The number of rotatable bonds is 2. The van der Waals surface area contributed by atoms with Gasteiger partial charge in [0.2, 0.25) is 0 Å². The smallest absolute Gasteiger partial charge is 0.331 e. The van der Waals surface area contributed by atoms with Gasteiger partial charge >= 0.3 is 11.9 Å². The number of aliphatic carboxylic acids is 2. The summed E-state index contributed by atoms with van der Waals surface area (Å²) in [5.41, 5.74) is 0.835. The van der Waals surface area contributed by atoms with E-state index in [1.165, 1.54) is 0 Å². The fourth-order valence-corrected chi connectivity index (χ4v) is 2.15. The monoisotopic (exact) mass is 194 g/mol. The van der Waals surface area contributed by atoms with Gasteiger partial charge in [0.25, 0.3) is 0 Å². The average Bonchev–Trinajstić information content (AvgIpc) is 2.57. The topological polar surface area (TPSA) is 74.6 Å². The van der Waals surface area contributed by atoms with Crippen LogP contribution in [0.5, 0.6) is 0 Å². The molecular formula is C10H10O4. The molecule has 74 valence electrons. The Morgan fingerprint density at radius 2 is 1.50 bits per heavy atom. The number of carboxylic acids is 2. The average molecular weight is 194 g/mol. The third-order valence-electron chi connectivity index (χ3n) is 2.85. The predicted molar refractivity (Wildman–Crippen MR) is 47.7 cm³/mol. The minimum atomic E-state index is -0.885. The van der Waals surface area contributed by atoms with Gasteiger partial charge in [-0.15, -0.1) is 0 Å². The van der Waals surface area contributed by atoms with E-state index in [0.717, 1.165) is 0 Å². The Morgan fingerprint density at radius 1 is 1.07 bits per heavy atom. The summed E-state index contributed by atoms with van der Waals surface area (Å²) in [5, 5.41) is 17.5. The van der Waals surface area contributed by atoms with Crippen molar-refractivity contribution >= 4 is 11.9 Å². The molecule has 0 bridgehead atoms. The third kappa shape index (κ3) is 1.32. The van der Waals surface area contributed by atoms with Crippen molar-refractivity contribution in [2.75, 3.05) is 0 Å². The lowest BCUT2D eigenvalue weighted by molar-refractivity contribution is -0.133. The van der Waals surface area contributed by atoms with Gasteiger partial charge in [0, 0.05) is 11.1 Å². The lowest BCUT2D eigenvalue weighted by atomic mass is 9.98. The minimum Gasteiger partial charge on any atom is -0.478 e. The van der Waals surface area contributed by atoms with Crippen LogP contribution in [0.15, 0.2) is 23.3 Å². The maximum Gasteiger partial charge on any atom is 0.331 e. The normalized spacial score (nSPS) is 29.4. The first-order valence-corrected chi connectivity index (χ1v) is 4.46. The number of fused-ring (bicyclic) bond motifs is 1. The summed E-state index contributed by atoms with van der Waals surface area (Å²) < 4.78 is 0. The van der Waals surface area contributed by atoms with Gasteiger partial charge in [-0.3, -0.25) is 0 Å². The molecule has 2 N–H and O–H groups in total. The highest BCUT2D eigenvalue weighted by Gasteiger charge is 2.35. The standard InChI is InChI=1S/C10H10O4/c11-9(12)7-1-5-2-8(10(13)14)4-6(5)3-7/h1-2,5-6H,3-4H2,(H,11,12)(H,13,14). The Bertz CT molecular complexity index is 330. The van der Waals surface area contributed by atoms with Crippen LogP contribution in [0.4, 0.5) is 0 Å². The number of allylic oxidation sites excluding steroid dienone is 2. The van der Waals surface area contributed by atoms with Crippen molar-refractivity contribution in [1.29, 1.82) is 0 Å². The van der Waals surface area contributed by atoms with E-state index in [9.17, 15) is 9.59 Å². The van der Waals surface area contributed by atoms with E-state index in [-0.39, 0.29) is 11.8 Å². The molecule has 0 heterocycles. The molecule has 0 saturated heterocycles. The van der Waals surface area contributed by atoms with Crippen molar-refractivity contribution in [2.24, 2.45) is 11.8 Å². The highest BCUT2D eigenvalue weighted by Crippen LogP contribution is 2.41. The Labute approximate surface area is 80.5 Å². The second kappa shape index (κ2) is 2.97. The summed E-state index contributed by atoms with van der Waals surface area (Å²) in [6, 6.07) is 0. The van der Waals surface area contributed by atoms with E-state index >= 15 is 0 Å². The first-order chi connectivity index (χ1) is 6.58. The van der Waals surface area contributed by atoms with Gasteiger partial charge in [0.1, 0.15) is 0 Å². The second-order valence-corrected chi connectivity index (χ2v) is 3.74. The Balaban J connectivity index is 2.18. The highest BCUT2D eigenvalue weighted by molar-refractivity contribution is 5.90. The van der Waals surface area contributed by atoms with E-state index in [1.807, 2.05) is 0 Å². The summed E-state index contributed by atoms with van der Waals surface area (Å²) >= 11 is 0. The van der Waals surface area contributed by atoms with E-state index in [4.69, 9.17) is 10.2 Å². The molecule has 0 saturated carbocycles. The molecule has 2 aliphatic rings. The number of hydrogen-bond donors (Lipinski definition) is 2. The molecule has 0 spiro atoms. The second-order valence-electron chi connectivity index (χ2n) is 3.74. The summed E-state index contributed by atoms with van der Waals surface area (Å²) in [5.74, 6) is -1.59. The van der Waals surface area contributed by atoms with Gasteiger partial charge in [-0.05, 0) is 24.7 Å². The first kappa shape index (κ1) is 8.99. The molecule has 0 atom stereocenters. The quantitative estimate of drug-likeness (QED) is 0.688. The van der Waals surface area contributed by atoms with Crippen molar-refractivity contribution < 1.29 is 19.8 Å². The SMILES string of the molecule is O=C(O)C1=CC2C=C(C(=O)O)CC2C1. The Morgan fingerprint density at radius 3 is 1.79 bits per heavy atom. The third-order valence-corrected chi connectivity index (χ3v) is 2.85. The Kier molecular flexibility index (Phi) is 1.91. The van der Waals surface area contributed by atoms with Crippen LogP contribution in [-0.2, 0) is 9.59 Å². The number of carboxylic acid groups (broad SMARTS) is 2. The lowest BCUT2D eigenvalue weighted by Crippen LogP contribution is -2.04. The van der Waals surface area contributed by atoms with Gasteiger partial charge in [-0.2, -0.15) is 0 Å². The molecule has 2 rings (SSSR count). The van der Waals surface area contributed by atoms with Gasteiger partial charge in [-0.25, -0.2) is 9.59 Å². The molecule has 0 unspecified atom stereocenters. The van der Waals surface area contributed by atoms with Gasteiger partial charge < -0.3 is 10.2 Å². The molecule has 0 fully saturated rings. The Hall–Kier alpha value is -1.58. The molecule has 14 heavy (non-hydrogen) atoms. The zero-order chi connectivity index (χ0) is 10.3. The largest absolute Gasteiger partial charge is 0.478 e. The maximum absolute atomic E-state index is 10.6. The van der Waals surface area contributed by atoms with Crippen molar-refractivity contribution in [3.63, 3.8) is 0 Å². The van der Waals surface area contributed by atoms with Crippen LogP contribution in [0.25, 0.3) is 0 Å². The van der Waals surface area contributed by atoms with Gasteiger partial charge in [-0.1, -0.05) is 12.2 Å². The summed E-state index contributed by atoms with van der Waals surface area (Å²) in [4.78, 5) is 21.3. The summed E-state index contributed by atoms with van der Waals surface area (Å²) in [6.07, 6.45) is 4.33. The highest BCUT2D eigenvalue weighted by atomic mass is 16.4. The maximum atomic E-state index is 10.6. The fraction of sp³-hybridized carbons (Fsp3) is 0.400. The molecule has 0 aromatic heterocycles. The van der Waals surface area contributed by atoms with Crippen LogP contribution in [-0.4, -0.2) is 22.2 Å². The minimum absolute atomic E-state index is 0.0206. The van der Waals surface area contributed by atoms with E-state index in [0.29, 0.717) is 24.0 Å². The molecule has 0 radical (unpaired) electrons. The zero-order valence-corrected chi connectivity index (χ0v) is 7.43. The molecule has 0 aromatic rings. The van der Waals surface area contributed by atoms with Crippen LogP contribution < -0.4 is 0 Å². The van der Waals surface area contributed by atoms with Gasteiger partial charge in [0.15, 0.2) is 0 Å². The molecule has 2 aliphatic carbocycles. The van der Waals surface area contributed by atoms with Crippen molar-refractivity contribution in [3.05, 3.63) is 23.3 Å². The summed E-state index contributed by atoms with van der Waals surface area (Å²) in [7, 11) is 0. The van der Waals surface area contributed by atoms with E-state index in [1.54, 1.807) is 12.2 Å². The van der Waals surface area contributed by atoms with Crippen LogP contribution in [0.1, 0.15) is 12.8 Å². The molecule has 0 amide bonds. The number of carbonyl (C=O) groups is 2. The number of hydrogen-bond acceptors (Lipinski definition) is 2. The van der Waals surface area contributed by atoms with Crippen LogP contribution in [0.2, 0.25) is 0 Å². The van der Waals surface area contributed by atoms with Gasteiger partial charge in [0.05, 0.1) is 0 Å². The van der Waals surface area contributed by atoms with Crippen molar-refractivity contribution in [1.82, 2.24) is 0 Å². The predicted octanol–water partition coefficient (Wildman–Crippen LogP) is 1.05. The van der Waals surface area contributed by atoms with Crippen LogP contribution in [0, 0.1) is 11.8 Å².